The molecular formula is C22H19N3O3. The van der Waals surface area contributed by atoms with E-state index in [9.17, 15) is 9.59 Å². The van der Waals surface area contributed by atoms with E-state index in [2.05, 4.69) is 10.3 Å². The summed E-state index contributed by atoms with van der Waals surface area (Å²) in [5, 5.41) is 2.89. The number of hydrogen-bond donors (Lipinski definition) is 1. The summed E-state index contributed by atoms with van der Waals surface area (Å²) in [6.07, 6.45) is 1.45. The third-order valence-electron chi connectivity index (χ3n) is 4.56. The van der Waals surface area contributed by atoms with Gasteiger partial charge in [0, 0.05) is 5.56 Å². The molecule has 6 nitrogen and oxygen atoms in total. The van der Waals surface area contributed by atoms with Crippen LogP contribution in [0.2, 0.25) is 0 Å². The molecule has 4 aromatic rings. The zero-order chi connectivity index (χ0) is 19.5. The van der Waals surface area contributed by atoms with Crippen molar-refractivity contribution < 1.29 is 14.0 Å². The standard InChI is InChI=1S/C22H19N3O3/c1-15(23-22(27)20-12-7-13-28-20)21-24-17-10-5-6-11-18(17)25(21)14-19(26)16-8-3-2-4-9-16/h2-13,15H,14H2,1H3,(H,23,27). The average molecular weight is 373 g/mol. The van der Waals surface area contributed by atoms with Gasteiger partial charge in [-0.1, -0.05) is 42.5 Å². The molecule has 28 heavy (non-hydrogen) atoms. The molecule has 0 saturated heterocycles. The highest BCUT2D eigenvalue weighted by Gasteiger charge is 2.21. The Hall–Kier alpha value is -3.67. The van der Waals surface area contributed by atoms with E-state index in [1.807, 2.05) is 54.0 Å². The number of ketones is 1. The van der Waals surface area contributed by atoms with Crippen molar-refractivity contribution in [1.82, 2.24) is 14.9 Å². The molecule has 0 aliphatic rings. The van der Waals surface area contributed by atoms with Crippen LogP contribution in [0.15, 0.2) is 77.4 Å². The first kappa shape index (κ1) is 17.7. The minimum Gasteiger partial charge on any atom is -0.459 e. The van der Waals surface area contributed by atoms with E-state index in [1.165, 1.54) is 6.26 Å². The summed E-state index contributed by atoms with van der Waals surface area (Å²) in [6.45, 7) is 1.98. The smallest absolute Gasteiger partial charge is 0.287 e. The SMILES string of the molecule is CC(NC(=O)c1ccco1)c1nc2ccccc2n1CC(=O)c1ccccc1. The summed E-state index contributed by atoms with van der Waals surface area (Å²) in [6, 6.07) is 19.6. The van der Waals surface area contributed by atoms with Gasteiger partial charge in [0.25, 0.3) is 5.91 Å². The topological polar surface area (TPSA) is 77.1 Å². The predicted molar refractivity (Wildman–Crippen MR) is 105 cm³/mol. The molecule has 0 radical (unpaired) electrons. The Balaban J connectivity index is 1.67. The molecule has 1 N–H and O–H groups in total. The highest BCUT2D eigenvalue weighted by atomic mass is 16.3. The van der Waals surface area contributed by atoms with E-state index in [1.54, 1.807) is 24.3 Å². The van der Waals surface area contributed by atoms with E-state index in [4.69, 9.17) is 4.42 Å². The summed E-state index contributed by atoms with van der Waals surface area (Å²) in [5.41, 5.74) is 2.26. The van der Waals surface area contributed by atoms with Gasteiger partial charge in [0.05, 0.1) is 29.9 Å². The fourth-order valence-corrected chi connectivity index (χ4v) is 3.19. The van der Waals surface area contributed by atoms with Crippen molar-refractivity contribution in [2.45, 2.75) is 19.5 Å². The largest absolute Gasteiger partial charge is 0.459 e. The van der Waals surface area contributed by atoms with Crippen LogP contribution in [0.1, 0.15) is 39.7 Å². The molecule has 0 bridgehead atoms. The van der Waals surface area contributed by atoms with Gasteiger partial charge in [-0.3, -0.25) is 9.59 Å². The number of aromatic nitrogens is 2. The molecule has 0 aliphatic carbocycles. The molecule has 4 rings (SSSR count). The van der Waals surface area contributed by atoms with Crippen LogP contribution in [0.3, 0.4) is 0 Å². The monoisotopic (exact) mass is 373 g/mol. The summed E-state index contributed by atoms with van der Waals surface area (Å²) in [5.74, 6) is 0.500. The number of para-hydroxylation sites is 2. The highest BCUT2D eigenvalue weighted by Crippen LogP contribution is 2.22. The van der Waals surface area contributed by atoms with Crippen LogP contribution in [-0.2, 0) is 6.54 Å². The van der Waals surface area contributed by atoms with Crippen molar-refractivity contribution in [3.63, 3.8) is 0 Å². The number of fused-ring (bicyclic) bond motifs is 1. The van der Waals surface area contributed by atoms with Crippen molar-refractivity contribution in [1.29, 1.82) is 0 Å². The van der Waals surface area contributed by atoms with Crippen LogP contribution in [0.25, 0.3) is 11.0 Å². The lowest BCUT2D eigenvalue weighted by Gasteiger charge is -2.15. The number of furan rings is 1. The summed E-state index contributed by atoms with van der Waals surface area (Å²) >= 11 is 0. The van der Waals surface area contributed by atoms with E-state index in [0.717, 1.165) is 11.0 Å². The van der Waals surface area contributed by atoms with Gasteiger partial charge in [-0.2, -0.15) is 0 Å². The molecule has 6 heteroatoms. The lowest BCUT2D eigenvalue weighted by molar-refractivity contribution is 0.0909. The van der Waals surface area contributed by atoms with Crippen molar-refractivity contribution in [2.24, 2.45) is 0 Å². The van der Waals surface area contributed by atoms with Gasteiger partial charge in [0.2, 0.25) is 0 Å². The summed E-state index contributed by atoms with van der Waals surface area (Å²) in [4.78, 5) is 29.8. The van der Waals surface area contributed by atoms with Gasteiger partial charge in [0.1, 0.15) is 5.82 Å². The molecule has 0 aliphatic heterocycles. The minimum absolute atomic E-state index is 0.0189. The van der Waals surface area contributed by atoms with E-state index in [-0.39, 0.29) is 24.0 Å². The van der Waals surface area contributed by atoms with Crippen molar-refractivity contribution >= 4 is 22.7 Å². The molecule has 2 aromatic heterocycles. The third-order valence-corrected chi connectivity index (χ3v) is 4.56. The Bertz CT molecular complexity index is 1110. The number of nitrogens with one attached hydrogen (secondary N) is 1. The number of benzene rings is 2. The van der Waals surface area contributed by atoms with Gasteiger partial charge in [0.15, 0.2) is 11.5 Å². The number of rotatable bonds is 6. The molecule has 1 unspecified atom stereocenters. The predicted octanol–water partition coefficient (Wildman–Crippen LogP) is 4.00. The Kier molecular flexibility index (Phi) is 4.76. The number of nitrogens with zero attached hydrogens (tertiary/aromatic N) is 2. The summed E-state index contributed by atoms with van der Waals surface area (Å²) < 4.78 is 7.01. The fraction of sp³-hybridized carbons (Fsp3) is 0.136. The van der Waals surface area contributed by atoms with E-state index in [0.29, 0.717) is 11.4 Å². The average Bonchev–Trinajstić information content (AvgIpc) is 3.37. The normalized spacial score (nSPS) is 12.0. The highest BCUT2D eigenvalue weighted by molar-refractivity contribution is 5.96. The number of Topliss-reactive ketones (excluding diaryl/α,β-unsaturated/α-hetero) is 1. The first-order valence-electron chi connectivity index (χ1n) is 9.01. The third kappa shape index (κ3) is 3.44. The van der Waals surface area contributed by atoms with Crippen LogP contribution >= 0.6 is 0 Å². The van der Waals surface area contributed by atoms with Gasteiger partial charge >= 0.3 is 0 Å². The summed E-state index contributed by atoms with van der Waals surface area (Å²) in [7, 11) is 0. The second kappa shape index (κ2) is 7.52. The maximum absolute atomic E-state index is 12.8. The maximum Gasteiger partial charge on any atom is 0.287 e. The van der Waals surface area contributed by atoms with Gasteiger partial charge < -0.3 is 14.3 Å². The minimum atomic E-state index is -0.409. The Morgan fingerprint density at radius 1 is 1.04 bits per heavy atom. The molecule has 2 aromatic carbocycles. The van der Waals surface area contributed by atoms with Crippen LogP contribution in [-0.4, -0.2) is 21.2 Å². The quantitative estimate of drug-likeness (QED) is 0.518. The Labute approximate surface area is 161 Å². The molecule has 1 amide bonds. The van der Waals surface area contributed by atoms with Gasteiger partial charge in [-0.05, 0) is 31.2 Å². The number of amides is 1. The number of imidazole rings is 1. The second-order valence-corrected chi connectivity index (χ2v) is 6.51. The van der Waals surface area contributed by atoms with Crippen molar-refractivity contribution in [3.05, 3.63) is 90.1 Å². The van der Waals surface area contributed by atoms with Crippen molar-refractivity contribution in [3.8, 4) is 0 Å². The first-order chi connectivity index (χ1) is 13.6. The molecule has 0 saturated carbocycles. The van der Waals surface area contributed by atoms with Gasteiger partial charge in [-0.25, -0.2) is 4.98 Å². The molecule has 140 valence electrons. The van der Waals surface area contributed by atoms with Gasteiger partial charge in [-0.15, -0.1) is 0 Å². The van der Waals surface area contributed by atoms with Crippen LogP contribution in [0.4, 0.5) is 0 Å². The molecule has 0 spiro atoms. The van der Waals surface area contributed by atoms with E-state index < -0.39 is 6.04 Å². The number of hydrogen-bond acceptors (Lipinski definition) is 4. The lowest BCUT2D eigenvalue weighted by atomic mass is 10.1. The van der Waals surface area contributed by atoms with Crippen LogP contribution in [0.5, 0.6) is 0 Å². The van der Waals surface area contributed by atoms with Crippen molar-refractivity contribution in [2.75, 3.05) is 0 Å². The van der Waals surface area contributed by atoms with Crippen LogP contribution < -0.4 is 5.32 Å². The van der Waals surface area contributed by atoms with E-state index >= 15 is 0 Å². The van der Waals surface area contributed by atoms with Crippen LogP contribution in [0, 0.1) is 0 Å². The fourth-order valence-electron chi connectivity index (χ4n) is 3.19. The zero-order valence-electron chi connectivity index (χ0n) is 15.3. The Morgan fingerprint density at radius 3 is 2.54 bits per heavy atom. The molecular weight excluding hydrogens is 354 g/mol. The maximum atomic E-state index is 12.8. The molecule has 0 fully saturated rings. The number of carbonyl (C=O) groups excluding carboxylic acids is 2. The molecule has 1 atom stereocenters. The molecule has 2 heterocycles. The second-order valence-electron chi connectivity index (χ2n) is 6.51. The Morgan fingerprint density at radius 2 is 1.79 bits per heavy atom. The first-order valence-corrected chi connectivity index (χ1v) is 9.01. The number of carbonyl (C=O) groups is 2. The lowest BCUT2D eigenvalue weighted by Crippen LogP contribution is -2.29. The zero-order valence-corrected chi connectivity index (χ0v) is 15.3.